The Balaban J connectivity index is 1.47. The van der Waals surface area contributed by atoms with Crippen molar-refractivity contribution in [3.8, 4) is 0 Å². The van der Waals surface area contributed by atoms with E-state index >= 15 is 0 Å². The van der Waals surface area contributed by atoms with Crippen LogP contribution >= 0.6 is 11.3 Å². The molecule has 1 heterocycles. The SMILES string of the molecule is O=C(OCC(=O)N(c1ccccc1)C1CCCCC1)c1cc2ccccc2s1. The molecule has 28 heavy (non-hydrogen) atoms. The van der Waals surface area contributed by atoms with E-state index in [4.69, 9.17) is 4.74 Å². The monoisotopic (exact) mass is 393 g/mol. The molecule has 4 nitrogen and oxygen atoms in total. The number of fused-ring (bicyclic) bond motifs is 1. The second kappa shape index (κ2) is 8.57. The molecule has 0 aliphatic heterocycles. The van der Waals surface area contributed by atoms with Crippen LogP contribution in [0.5, 0.6) is 0 Å². The van der Waals surface area contributed by atoms with Crippen LogP contribution in [0.2, 0.25) is 0 Å². The Morgan fingerprint density at radius 3 is 2.43 bits per heavy atom. The maximum Gasteiger partial charge on any atom is 0.348 e. The zero-order valence-electron chi connectivity index (χ0n) is 15.7. The van der Waals surface area contributed by atoms with E-state index in [0.717, 1.165) is 41.5 Å². The molecule has 0 N–H and O–H groups in total. The molecule has 1 amide bonds. The highest BCUT2D eigenvalue weighted by molar-refractivity contribution is 7.20. The third-order valence-electron chi connectivity index (χ3n) is 5.20. The highest BCUT2D eigenvalue weighted by atomic mass is 32.1. The summed E-state index contributed by atoms with van der Waals surface area (Å²) in [7, 11) is 0. The van der Waals surface area contributed by atoms with E-state index in [2.05, 4.69) is 0 Å². The summed E-state index contributed by atoms with van der Waals surface area (Å²) in [5.74, 6) is -0.598. The zero-order valence-corrected chi connectivity index (χ0v) is 16.5. The van der Waals surface area contributed by atoms with Crippen molar-refractivity contribution >= 4 is 39.0 Å². The molecule has 0 saturated heterocycles. The predicted molar refractivity (Wildman–Crippen MR) is 113 cm³/mol. The van der Waals surface area contributed by atoms with Gasteiger partial charge in [-0.15, -0.1) is 11.3 Å². The normalized spacial score (nSPS) is 14.7. The van der Waals surface area contributed by atoms with E-state index < -0.39 is 5.97 Å². The molecule has 0 unspecified atom stereocenters. The van der Waals surface area contributed by atoms with Crippen molar-refractivity contribution in [1.82, 2.24) is 0 Å². The highest BCUT2D eigenvalue weighted by Gasteiger charge is 2.27. The number of anilines is 1. The molecular formula is C23H23NO3S. The van der Waals surface area contributed by atoms with Crippen LogP contribution in [0, 0.1) is 0 Å². The molecule has 144 valence electrons. The van der Waals surface area contributed by atoms with Gasteiger partial charge in [-0.1, -0.05) is 55.7 Å². The van der Waals surface area contributed by atoms with E-state index in [0.29, 0.717) is 4.88 Å². The fourth-order valence-corrected chi connectivity index (χ4v) is 4.79. The van der Waals surface area contributed by atoms with Gasteiger partial charge < -0.3 is 9.64 Å². The summed E-state index contributed by atoms with van der Waals surface area (Å²) in [6, 6.07) is 19.5. The Labute approximate surface area is 168 Å². The minimum atomic E-state index is -0.439. The second-order valence-corrected chi connectivity index (χ2v) is 8.20. The van der Waals surface area contributed by atoms with Crippen LogP contribution in [0.25, 0.3) is 10.1 Å². The van der Waals surface area contributed by atoms with Gasteiger partial charge in [-0.3, -0.25) is 4.79 Å². The average Bonchev–Trinajstić information content (AvgIpc) is 3.18. The van der Waals surface area contributed by atoms with E-state index in [1.54, 1.807) is 0 Å². The van der Waals surface area contributed by atoms with Crippen molar-refractivity contribution in [2.75, 3.05) is 11.5 Å². The van der Waals surface area contributed by atoms with Gasteiger partial charge in [-0.05, 0) is 42.5 Å². The molecule has 0 bridgehead atoms. The van der Waals surface area contributed by atoms with Crippen LogP contribution in [-0.2, 0) is 9.53 Å². The number of nitrogens with zero attached hydrogens (tertiary/aromatic N) is 1. The molecule has 0 spiro atoms. The van der Waals surface area contributed by atoms with Crippen molar-refractivity contribution in [1.29, 1.82) is 0 Å². The molecular weight excluding hydrogens is 370 g/mol. The number of hydrogen-bond donors (Lipinski definition) is 0. The van der Waals surface area contributed by atoms with E-state index in [1.807, 2.05) is 65.6 Å². The van der Waals surface area contributed by atoms with Gasteiger partial charge in [0.15, 0.2) is 6.61 Å². The molecule has 5 heteroatoms. The Morgan fingerprint density at radius 2 is 1.68 bits per heavy atom. The summed E-state index contributed by atoms with van der Waals surface area (Å²) < 4.78 is 6.43. The summed E-state index contributed by atoms with van der Waals surface area (Å²) in [5, 5.41) is 1.01. The first-order chi connectivity index (χ1) is 13.7. The maximum atomic E-state index is 13.0. The third kappa shape index (κ3) is 4.09. The van der Waals surface area contributed by atoms with Gasteiger partial charge in [0.1, 0.15) is 4.88 Å². The fraction of sp³-hybridized carbons (Fsp3) is 0.304. The van der Waals surface area contributed by atoms with Crippen molar-refractivity contribution in [3.05, 3.63) is 65.5 Å². The van der Waals surface area contributed by atoms with Gasteiger partial charge >= 0.3 is 5.97 Å². The first-order valence-corrected chi connectivity index (χ1v) is 10.6. The van der Waals surface area contributed by atoms with Crippen LogP contribution in [0.4, 0.5) is 5.69 Å². The van der Waals surface area contributed by atoms with Gasteiger partial charge in [0, 0.05) is 16.4 Å². The number of ether oxygens (including phenoxy) is 1. The molecule has 4 rings (SSSR count). The van der Waals surface area contributed by atoms with Crippen LogP contribution < -0.4 is 4.90 Å². The molecule has 0 atom stereocenters. The lowest BCUT2D eigenvalue weighted by molar-refractivity contribution is -0.122. The van der Waals surface area contributed by atoms with Crippen LogP contribution in [0.3, 0.4) is 0 Å². The first kappa shape index (κ1) is 18.7. The number of rotatable bonds is 5. The zero-order chi connectivity index (χ0) is 19.3. The van der Waals surface area contributed by atoms with Gasteiger partial charge in [0.2, 0.25) is 0 Å². The lowest BCUT2D eigenvalue weighted by atomic mass is 9.93. The number of carbonyl (C=O) groups excluding carboxylic acids is 2. The second-order valence-electron chi connectivity index (χ2n) is 7.12. The molecule has 1 saturated carbocycles. The Kier molecular flexibility index (Phi) is 5.72. The van der Waals surface area contributed by atoms with Crippen LogP contribution in [-0.4, -0.2) is 24.5 Å². The Bertz CT molecular complexity index is 927. The molecule has 3 aromatic rings. The molecule has 2 aromatic carbocycles. The summed E-state index contributed by atoms with van der Waals surface area (Å²) in [4.78, 5) is 27.8. The molecule has 1 aliphatic rings. The average molecular weight is 394 g/mol. The summed E-state index contributed by atoms with van der Waals surface area (Å²) >= 11 is 1.39. The van der Waals surface area contributed by atoms with Crippen molar-refractivity contribution in [2.24, 2.45) is 0 Å². The Hall–Kier alpha value is -2.66. The topological polar surface area (TPSA) is 46.6 Å². The number of amides is 1. The smallest absolute Gasteiger partial charge is 0.348 e. The van der Waals surface area contributed by atoms with Crippen molar-refractivity contribution < 1.29 is 14.3 Å². The predicted octanol–water partition coefficient (Wildman–Crippen LogP) is 5.42. The molecule has 1 aliphatic carbocycles. The highest BCUT2D eigenvalue weighted by Crippen LogP contribution is 2.28. The number of carbonyl (C=O) groups is 2. The number of para-hydroxylation sites is 1. The molecule has 1 aromatic heterocycles. The lowest BCUT2D eigenvalue weighted by Crippen LogP contribution is -2.43. The summed E-state index contributed by atoms with van der Waals surface area (Å²) in [5.41, 5.74) is 0.873. The largest absolute Gasteiger partial charge is 0.451 e. The standard InChI is InChI=1S/C23H23NO3S/c25-22(16-27-23(26)21-15-17-9-7-8-14-20(17)28-21)24(18-10-3-1-4-11-18)19-12-5-2-6-13-19/h1,3-4,7-11,14-15,19H,2,5-6,12-13,16H2. The van der Waals surface area contributed by atoms with E-state index in [1.165, 1.54) is 17.8 Å². The quantitative estimate of drug-likeness (QED) is 0.544. The van der Waals surface area contributed by atoms with Gasteiger partial charge in [0.05, 0.1) is 0 Å². The van der Waals surface area contributed by atoms with E-state index in [9.17, 15) is 9.59 Å². The summed E-state index contributed by atoms with van der Waals surface area (Å²) in [6.45, 7) is -0.238. The van der Waals surface area contributed by atoms with Crippen molar-refractivity contribution in [3.63, 3.8) is 0 Å². The van der Waals surface area contributed by atoms with Gasteiger partial charge in [0.25, 0.3) is 5.91 Å². The maximum absolute atomic E-state index is 13.0. The molecule has 0 radical (unpaired) electrons. The lowest BCUT2D eigenvalue weighted by Gasteiger charge is -2.34. The third-order valence-corrected chi connectivity index (χ3v) is 6.29. The van der Waals surface area contributed by atoms with Crippen molar-refractivity contribution in [2.45, 2.75) is 38.1 Å². The van der Waals surface area contributed by atoms with Gasteiger partial charge in [-0.2, -0.15) is 0 Å². The fourth-order valence-electron chi connectivity index (χ4n) is 3.84. The Morgan fingerprint density at radius 1 is 0.964 bits per heavy atom. The molecule has 1 fully saturated rings. The number of thiophene rings is 1. The van der Waals surface area contributed by atoms with Crippen LogP contribution in [0.15, 0.2) is 60.7 Å². The van der Waals surface area contributed by atoms with Gasteiger partial charge in [-0.25, -0.2) is 4.79 Å². The number of esters is 1. The first-order valence-electron chi connectivity index (χ1n) is 9.75. The number of hydrogen-bond acceptors (Lipinski definition) is 4. The van der Waals surface area contributed by atoms with E-state index in [-0.39, 0.29) is 18.6 Å². The minimum Gasteiger partial charge on any atom is -0.451 e. The number of benzene rings is 2. The van der Waals surface area contributed by atoms with Crippen LogP contribution in [0.1, 0.15) is 41.8 Å². The summed E-state index contributed by atoms with van der Waals surface area (Å²) in [6.07, 6.45) is 5.45. The minimum absolute atomic E-state index is 0.160.